The molecule has 0 unspecified atom stereocenters. The van der Waals surface area contributed by atoms with Crippen molar-refractivity contribution < 1.29 is 13.2 Å². The number of likely N-dealkylation sites (N-methyl/N-ethyl adjacent to an activating group) is 1. The van der Waals surface area contributed by atoms with Crippen LogP contribution in [-0.2, 0) is 14.8 Å². The van der Waals surface area contributed by atoms with E-state index in [1.807, 2.05) is 0 Å². The van der Waals surface area contributed by atoms with E-state index in [9.17, 15) is 13.2 Å². The second-order valence-corrected chi connectivity index (χ2v) is 5.34. The van der Waals surface area contributed by atoms with Gasteiger partial charge >= 0.3 is 0 Å². The molecule has 0 heterocycles. The highest BCUT2D eigenvalue weighted by Gasteiger charge is 2.15. The van der Waals surface area contributed by atoms with Gasteiger partial charge in [0.15, 0.2) is 0 Å². The summed E-state index contributed by atoms with van der Waals surface area (Å²) >= 11 is 0. The molecule has 1 aromatic rings. The molecule has 0 spiro atoms. The van der Waals surface area contributed by atoms with Crippen LogP contribution < -0.4 is 21.1 Å². The second-order valence-electron chi connectivity index (χ2n) is 3.49. The monoisotopic (exact) mass is 272 g/mol. The van der Waals surface area contributed by atoms with E-state index in [0.29, 0.717) is 5.69 Å². The fraction of sp³-hybridized carbons (Fsp3) is 0.300. The minimum atomic E-state index is -3.56. The number of carbonyl (C=O) groups excluding carboxylic acids is 1. The van der Waals surface area contributed by atoms with Gasteiger partial charge in [-0.15, -0.1) is 0 Å². The molecule has 8 heteroatoms. The lowest BCUT2D eigenvalue weighted by atomic mass is 10.3. The molecule has 7 nitrogen and oxygen atoms in total. The summed E-state index contributed by atoms with van der Waals surface area (Å²) in [6.07, 6.45) is 0. The van der Waals surface area contributed by atoms with E-state index in [1.54, 1.807) is 6.07 Å². The Morgan fingerprint density at radius 2 is 2.00 bits per heavy atom. The molecule has 18 heavy (non-hydrogen) atoms. The number of rotatable bonds is 5. The Hall–Kier alpha value is -1.80. The summed E-state index contributed by atoms with van der Waals surface area (Å²) in [5.74, 6) is -0.180. The molecule has 0 aliphatic rings. The Morgan fingerprint density at radius 3 is 2.50 bits per heavy atom. The highest BCUT2D eigenvalue weighted by Crippen LogP contribution is 2.21. The maximum atomic E-state index is 11.6. The maximum absolute atomic E-state index is 11.6. The molecule has 0 aliphatic heterocycles. The first-order chi connectivity index (χ1) is 8.40. The number of amides is 1. The van der Waals surface area contributed by atoms with Gasteiger partial charge in [0.1, 0.15) is 4.90 Å². The van der Waals surface area contributed by atoms with E-state index >= 15 is 0 Å². The molecule has 1 aromatic carbocycles. The van der Waals surface area contributed by atoms with Crippen LogP contribution in [0.25, 0.3) is 0 Å². The van der Waals surface area contributed by atoms with E-state index in [0.717, 1.165) is 0 Å². The number of anilines is 2. The van der Waals surface area contributed by atoms with Crippen molar-refractivity contribution in [3.63, 3.8) is 0 Å². The van der Waals surface area contributed by atoms with Crippen molar-refractivity contribution in [2.24, 2.45) is 0 Å². The molecule has 1 amide bonds. The number of hydrogen-bond acceptors (Lipinski definition) is 5. The van der Waals surface area contributed by atoms with Crippen molar-refractivity contribution >= 4 is 27.3 Å². The zero-order chi connectivity index (χ0) is 13.8. The number of nitrogen functional groups attached to an aromatic ring is 1. The summed E-state index contributed by atoms with van der Waals surface area (Å²) in [5.41, 5.74) is 6.35. The molecular formula is C10H16N4O3S. The van der Waals surface area contributed by atoms with Crippen LogP contribution in [0.1, 0.15) is 0 Å². The van der Waals surface area contributed by atoms with Gasteiger partial charge in [-0.1, -0.05) is 0 Å². The smallest absolute Gasteiger partial charge is 0.242 e. The van der Waals surface area contributed by atoms with Crippen molar-refractivity contribution in [1.82, 2.24) is 10.0 Å². The van der Waals surface area contributed by atoms with Crippen LogP contribution >= 0.6 is 0 Å². The Morgan fingerprint density at radius 1 is 1.33 bits per heavy atom. The standard InChI is InChI=1S/C10H16N4O3S/c1-12-10(15)6-14-7-3-4-9(8(11)5-7)18(16,17)13-2/h3-5,13-14H,6,11H2,1-2H3,(H,12,15). The molecule has 5 N–H and O–H groups in total. The van der Waals surface area contributed by atoms with E-state index in [1.165, 1.54) is 26.2 Å². The van der Waals surface area contributed by atoms with Crippen LogP contribution in [0.5, 0.6) is 0 Å². The van der Waals surface area contributed by atoms with Crippen LogP contribution in [0.4, 0.5) is 11.4 Å². The molecule has 0 fully saturated rings. The molecular weight excluding hydrogens is 256 g/mol. The highest BCUT2D eigenvalue weighted by molar-refractivity contribution is 7.89. The van der Waals surface area contributed by atoms with Crippen LogP contribution in [0.2, 0.25) is 0 Å². The maximum Gasteiger partial charge on any atom is 0.242 e. The van der Waals surface area contributed by atoms with Crippen molar-refractivity contribution in [1.29, 1.82) is 0 Å². The number of nitrogens with one attached hydrogen (secondary N) is 3. The Balaban J connectivity index is 2.90. The average Bonchev–Trinajstić information content (AvgIpc) is 2.35. The summed E-state index contributed by atoms with van der Waals surface area (Å²) in [6, 6.07) is 4.39. The first-order valence-corrected chi connectivity index (χ1v) is 6.66. The number of nitrogens with two attached hydrogens (primary N) is 1. The van der Waals surface area contributed by atoms with Crippen LogP contribution in [-0.4, -0.2) is 35.0 Å². The first-order valence-electron chi connectivity index (χ1n) is 5.18. The molecule has 0 atom stereocenters. The summed E-state index contributed by atoms with van der Waals surface area (Å²) in [5, 5.41) is 5.28. The van der Waals surface area contributed by atoms with Gasteiger partial charge in [0.25, 0.3) is 0 Å². The van der Waals surface area contributed by atoms with Crippen LogP contribution in [0.15, 0.2) is 23.1 Å². The van der Waals surface area contributed by atoms with Gasteiger partial charge in [0.05, 0.1) is 12.2 Å². The molecule has 0 saturated heterocycles. The molecule has 1 rings (SSSR count). The van der Waals surface area contributed by atoms with Crippen LogP contribution in [0, 0.1) is 0 Å². The minimum absolute atomic E-state index is 0.00972. The topological polar surface area (TPSA) is 113 Å². The molecule has 0 aromatic heterocycles. The fourth-order valence-corrected chi connectivity index (χ4v) is 2.12. The summed E-state index contributed by atoms with van der Waals surface area (Å²) in [7, 11) is -0.723. The quantitative estimate of drug-likeness (QED) is 0.531. The zero-order valence-electron chi connectivity index (χ0n) is 10.1. The third-order valence-corrected chi connectivity index (χ3v) is 3.79. The molecule has 0 aliphatic carbocycles. The Kier molecular flexibility index (Phi) is 4.51. The Labute approximate surface area is 106 Å². The largest absolute Gasteiger partial charge is 0.398 e. The zero-order valence-corrected chi connectivity index (χ0v) is 11.0. The third-order valence-electron chi connectivity index (χ3n) is 2.30. The van der Waals surface area contributed by atoms with Gasteiger partial charge in [-0.25, -0.2) is 13.1 Å². The SMILES string of the molecule is CNC(=O)CNc1ccc(S(=O)(=O)NC)c(N)c1. The second kappa shape index (κ2) is 5.69. The van der Waals surface area contributed by atoms with Gasteiger partial charge in [-0.3, -0.25) is 4.79 Å². The van der Waals surface area contributed by atoms with Gasteiger partial charge in [0.2, 0.25) is 15.9 Å². The predicted molar refractivity (Wildman–Crippen MR) is 69.7 cm³/mol. The molecule has 0 radical (unpaired) electrons. The lowest BCUT2D eigenvalue weighted by Crippen LogP contribution is -2.26. The lowest BCUT2D eigenvalue weighted by Gasteiger charge is -2.10. The van der Waals surface area contributed by atoms with E-state index in [-0.39, 0.29) is 23.0 Å². The highest BCUT2D eigenvalue weighted by atomic mass is 32.2. The van der Waals surface area contributed by atoms with Gasteiger partial charge in [-0.2, -0.15) is 0 Å². The van der Waals surface area contributed by atoms with Gasteiger partial charge in [0, 0.05) is 12.7 Å². The molecule has 0 saturated carbocycles. The first kappa shape index (κ1) is 14.3. The molecule has 0 bridgehead atoms. The van der Waals surface area contributed by atoms with Crippen molar-refractivity contribution in [3.8, 4) is 0 Å². The predicted octanol–water partition coefficient (Wildman–Crippen LogP) is -0.665. The lowest BCUT2D eigenvalue weighted by molar-refractivity contribution is -0.118. The number of sulfonamides is 1. The Bertz CT molecular complexity index is 542. The van der Waals surface area contributed by atoms with Crippen molar-refractivity contribution in [2.45, 2.75) is 4.90 Å². The molecule has 100 valence electrons. The van der Waals surface area contributed by atoms with Crippen LogP contribution in [0.3, 0.4) is 0 Å². The number of carbonyl (C=O) groups is 1. The van der Waals surface area contributed by atoms with Gasteiger partial charge in [-0.05, 0) is 25.2 Å². The third kappa shape index (κ3) is 3.34. The van der Waals surface area contributed by atoms with E-state index in [2.05, 4.69) is 15.4 Å². The average molecular weight is 272 g/mol. The fourth-order valence-electron chi connectivity index (χ4n) is 1.28. The summed E-state index contributed by atoms with van der Waals surface area (Å²) in [4.78, 5) is 11.0. The number of benzene rings is 1. The van der Waals surface area contributed by atoms with E-state index in [4.69, 9.17) is 5.73 Å². The van der Waals surface area contributed by atoms with Gasteiger partial charge < -0.3 is 16.4 Å². The summed E-state index contributed by atoms with van der Waals surface area (Å²) < 4.78 is 25.3. The summed E-state index contributed by atoms with van der Waals surface area (Å²) in [6.45, 7) is 0.0913. The normalized spacial score (nSPS) is 11.0. The number of hydrogen-bond donors (Lipinski definition) is 4. The van der Waals surface area contributed by atoms with E-state index < -0.39 is 10.0 Å². The van der Waals surface area contributed by atoms with Crippen molar-refractivity contribution in [2.75, 3.05) is 31.7 Å². The van der Waals surface area contributed by atoms with Crippen molar-refractivity contribution in [3.05, 3.63) is 18.2 Å². The minimum Gasteiger partial charge on any atom is -0.398 e.